The Hall–Kier alpha value is -2.24. The van der Waals surface area contributed by atoms with Gasteiger partial charge in [0, 0.05) is 18.3 Å². The smallest absolute Gasteiger partial charge is 0.255 e. The van der Waals surface area contributed by atoms with Crippen LogP contribution >= 0.6 is 0 Å². The Kier molecular flexibility index (Phi) is 4.35. The Morgan fingerprint density at radius 1 is 1.29 bits per heavy atom. The second-order valence-electron chi connectivity index (χ2n) is 5.45. The van der Waals surface area contributed by atoms with Crippen LogP contribution in [0.1, 0.15) is 42.9 Å². The SMILES string of the molecule is CNC(=O)c1c(-c2ccnnc2)nn(C(C)C(C)C)c1C. The van der Waals surface area contributed by atoms with Crippen LogP contribution in [0.3, 0.4) is 0 Å². The highest BCUT2D eigenvalue weighted by Crippen LogP contribution is 2.28. The van der Waals surface area contributed by atoms with Crippen molar-refractivity contribution >= 4 is 5.91 Å². The number of hydrogen-bond donors (Lipinski definition) is 1. The highest BCUT2D eigenvalue weighted by Gasteiger charge is 2.24. The van der Waals surface area contributed by atoms with Crippen LogP contribution in [0.5, 0.6) is 0 Å². The molecule has 0 aliphatic heterocycles. The van der Waals surface area contributed by atoms with E-state index >= 15 is 0 Å². The monoisotopic (exact) mass is 287 g/mol. The average molecular weight is 287 g/mol. The number of aromatic nitrogens is 4. The van der Waals surface area contributed by atoms with Crippen LogP contribution in [0.2, 0.25) is 0 Å². The van der Waals surface area contributed by atoms with Crippen LogP contribution in [0.25, 0.3) is 11.3 Å². The van der Waals surface area contributed by atoms with Crippen LogP contribution in [-0.4, -0.2) is 32.9 Å². The number of nitrogens with one attached hydrogen (secondary N) is 1. The Bertz CT molecular complexity index is 633. The number of hydrogen-bond acceptors (Lipinski definition) is 4. The van der Waals surface area contributed by atoms with Crippen molar-refractivity contribution < 1.29 is 4.79 Å². The lowest BCUT2D eigenvalue weighted by Crippen LogP contribution is -2.20. The minimum Gasteiger partial charge on any atom is -0.355 e. The molecule has 0 radical (unpaired) electrons. The summed E-state index contributed by atoms with van der Waals surface area (Å²) < 4.78 is 1.92. The molecule has 1 atom stereocenters. The predicted octanol–water partition coefficient (Wildman–Crippen LogP) is 2.23. The average Bonchev–Trinajstić information content (AvgIpc) is 2.84. The maximum Gasteiger partial charge on any atom is 0.255 e. The molecule has 2 aromatic heterocycles. The van der Waals surface area contributed by atoms with Crippen LogP contribution < -0.4 is 5.32 Å². The van der Waals surface area contributed by atoms with E-state index in [1.807, 2.05) is 17.7 Å². The summed E-state index contributed by atoms with van der Waals surface area (Å²) in [6, 6.07) is 2.02. The Labute approximate surface area is 124 Å². The number of carbonyl (C=O) groups is 1. The fourth-order valence-corrected chi connectivity index (χ4v) is 2.23. The summed E-state index contributed by atoms with van der Waals surface area (Å²) in [5.74, 6) is 0.283. The van der Waals surface area contributed by atoms with Gasteiger partial charge in [-0.3, -0.25) is 9.48 Å². The summed E-state index contributed by atoms with van der Waals surface area (Å²) in [4.78, 5) is 12.2. The van der Waals surface area contributed by atoms with Crippen LogP contribution in [0.15, 0.2) is 18.5 Å². The van der Waals surface area contributed by atoms with Crippen LogP contribution in [-0.2, 0) is 0 Å². The predicted molar refractivity (Wildman–Crippen MR) is 80.9 cm³/mol. The molecule has 6 heteroatoms. The topological polar surface area (TPSA) is 72.7 Å². The minimum absolute atomic E-state index is 0.137. The van der Waals surface area contributed by atoms with Gasteiger partial charge in [0.1, 0.15) is 5.69 Å². The maximum absolute atomic E-state index is 12.2. The van der Waals surface area contributed by atoms with E-state index < -0.39 is 0 Å². The summed E-state index contributed by atoms with van der Waals surface area (Å²) in [5, 5.41) is 15.0. The largest absolute Gasteiger partial charge is 0.355 e. The molecule has 1 N–H and O–H groups in total. The van der Waals surface area contributed by atoms with Crippen molar-refractivity contribution in [3.63, 3.8) is 0 Å². The first-order chi connectivity index (χ1) is 9.97. The molecule has 112 valence electrons. The molecule has 1 unspecified atom stereocenters. The molecular formula is C15H21N5O. The molecule has 0 saturated heterocycles. The second-order valence-corrected chi connectivity index (χ2v) is 5.45. The van der Waals surface area contributed by atoms with Crippen molar-refractivity contribution in [2.45, 2.75) is 33.7 Å². The molecule has 2 aromatic rings. The first-order valence-corrected chi connectivity index (χ1v) is 7.05. The summed E-state index contributed by atoms with van der Waals surface area (Å²) in [5.41, 5.74) is 2.90. The van der Waals surface area contributed by atoms with Gasteiger partial charge in [-0.2, -0.15) is 15.3 Å². The fraction of sp³-hybridized carbons (Fsp3) is 0.467. The molecule has 0 fully saturated rings. The van der Waals surface area contributed by atoms with E-state index in [1.165, 1.54) is 0 Å². The van der Waals surface area contributed by atoms with Crippen molar-refractivity contribution in [1.29, 1.82) is 0 Å². The molecule has 2 heterocycles. The second kappa shape index (κ2) is 6.03. The van der Waals surface area contributed by atoms with Gasteiger partial charge in [-0.1, -0.05) is 13.8 Å². The zero-order valence-electron chi connectivity index (χ0n) is 13.1. The number of rotatable bonds is 4. The van der Waals surface area contributed by atoms with Crippen LogP contribution in [0.4, 0.5) is 0 Å². The van der Waals surface area contributed by atoms with E-state index in [0.29, 0.717) is 17.2 Å². The van der Waals surface area contributed by atoms with Crippen molar-refractivity contribution in [3.05, 3.63) is 29.7 Å². The van der Waals surface area contributed by atoms with E-state index in [0.717, 1.165) is 11.3 Å². The normalized spacial score (nSPS) is 12.5. The molecule has 21 heavy (non-hydrogen) atoms. The third-order valence-electron chi connectivity index (χ3n) is 3.81. The maximum atomic E-state index is 12.2. The van der Waals surface area contributed by atoms with Gasteiger partial charge in [0.25, 0.3) is 5.91 Å². The first-order valence-electron chi connectivity index (χ1n) is 7.05. The lowest BCUT2D eigenvalue weighted by molar-refractivity contribution is 0.0963. The Balaban J connectivity index is 2.64. The molecule has 0 saturated carbocycles. The van der Waals surface area contributed by atoms with Gasteiger partial charge in [0.15, 0.2) is 0 Å². The Morgan fingerprint density at radius 3 is 2.52 bits per heavy atom. The van der Waals surface area contributed by atoms with Gasteiger partial charge >= 0.3 is 0 Å². The van der Waals surface area contributed by atoms with E-state index in [4.69, 9.17) is 0 Å². The zero-order valence-corrected chi connectivity index (χ0v) is 13.1. The van der Waals surface area contributed by atoms with Gasteiger partial charge in [-0.25, -0.2) is 0 Å². The number of carbonyl (C=O) groups excluding carboxylic acids is 1. The van der Waals surface area contributed by atoms with Crippen LogP contribution in [0, 0.1) is 12.8 Å². The van der Waals surface area contributed by atoms with Crippen molar-refractivity contribution in [3.8, 4) is 11.3 Å². The molecule has 0 aromatic carbocycles. The van der Waals surface area contributed by atoms with Gasteiger partial charge in [-0.05, 0) is 25.8 Å². The van der Waals surface area contributed by atoms with E-state index in [9.17, 15) is 4.79 Å². The molecule has 2 rings (SSSR count). The highest BCUT2D eigenvalue weighted by molar-refractivity contribution is 6.00. The molecule has 0 aliphatic rings. The Morgan fingerprint density at radius 2 is 2.00 bits per heavy atom. The van der Waals surface area contributed by atoms with Gasteiger partial charge < -0.3 is 5.32 Å². The third kappa shape index (κ3) is 2.79. The highest BCUT2D eigenvalue weighted by atomic mass is 16.1. The van der Waals surface area contributed by atoms with E-state index in [1.54, 1.807) is 19.4 Å². The summed E-state index contributed by atoms with van der Waals surface area (Å²) >= 11 is 0. The third-order valence-corrected chi connectivity index (χ3v) is 3.81. The van der Waals surface area contributed by atoms with Gasteiger partial charge in [0.05, 0.1) is 24.0 Å². The van der Waals surface area contributed by atoms with E-state index in [2.05, 4.69) is 41.4 Å². The van der Waals surface area contributed by atoms with Crippen molar-refractivity contribution in [2.75, 3.05) is 7.05 Å². The molecular weight excluding hydrogens is 266 g/mol. The lowest BCUT2D eigenvalue weighted by Gasteiger charge is -2.18. The summed E-state index contributed by atoms with van der Waals surface area (Å²) in [6.07, 6.45) is 3.22. The zero-order chi connectivity index (χ0) is 15.6. The van der Waals surface area contributed by atoms with Crippen molar-refractivity contribution in [1.82, 2.24) is 25.3 Å². The van der Waals surface area contributed by atoms with Gasteiger partial charge in [-0.15, -0.1) is 0 Å². The van der Waals surface area contributed by atoms with E-state index in [-0.39, 0.29) is 11.9 Å². The van der Waals surface area contributed by atoms with Crippen molar-refractivity contribution in [2.24, 2.45) is 5.92 Å². The summed E-state index contributed by atoms with van der Waals surface area (Å²) in [6.45, 7) is 8.31. The number of amides is 1. The molecule has 0 spiro atoms. The minimum atomic E-state index is -0.137. The number of nitrogens with zero attached hydrogens (tertiary/aromatic N) is 4. The van der Waals surface area contributed by atoms with Gasteiger partial charge in [0.2, 0.25) is 0 Å². The molecule has 0 aliphatic carbocycles. The standard InChI is InChI=1S/C15H21N5O/c1-9(2)10(3)20-11(4)13(15(21)16-5)14(19-20)12-6-7-17-18-8-12/h6-10H,1-5H3,(H,16,21). The quantitative estimate of drug-likeness (QED) is 0.936. The molecule has 6 nitrogen and oxygen atoms in total. The fourth-order valence-electron chi connectivity index (χ4n) is 2.23. The molecule has 0 bridgehead atoms. The lowest BCUT2D eigenvalue weighted by atomic mass is 10.1. The summed E-state index contributed by atoms with van der Waals surface area (Å²) in [7, 11) is 1.62. The first kappa shape index (κ1) is 15.2. The molecule has 1 amide bonds.